The highest BCUT2D eigenvalue weighted by molar-refractivity contribution is 5.33. The van der Waals surface area contributed by atoms with E-state index < -0.39 is 0 Å². The molecule has 2 nitrogen and oxygen atoms in total. The van der Waals surface area contributed by atoms with Crippen molar-refractivity contribution in [1.29, 1.82) is 0 Å². The topological polar surface area (TPSA) is 32.3 Å². The molecule has 3 rings (SSSR count). The third-order valence-electron chi connectivity index (χ3n) is 3.83. The highest BCUT2D eigenvalue weighted by Crippen LogP contribution is 2.32. The molecule has 2 aliphatic carbocycles. The zero-order valence-corrected chi connectivity index (χ0v) is 9.52. The van der Waals surface area contributed by atoms with E-state index in [0.29, 0.717) is 12.0 Å². The molecule has 0 aliphatic heterocycles. The first-order chi connectivity index (χ1) is 7.83. The minimum Gasteiger partial charge on any atom is -0.392 e. The van der Waals surface area contributed by atoms with Crippen LogP contribution in [0.2, 0.25) is 0 Å². The van der Waals surface area contributed by atoms with Gasteiger partial charge in [-0.3, -0.25) is 0 Å². The fourth-order valence-corrected chi connectivity index (χ4v) is 2.64. The molecule has 2 heteroatoms. The number of hydrogen-bond acceptors (Lipinski definition) is 2. The monoisotopic (exact) mass is 217 g/mol. The maximum atomic E-state index is 9.80. The SMILES string of the molecule is OC(CNC1Cc2ccccc2C1)C1CC1. The molecule has 1 aromatic carbocycles. The van der Waals surface area contributed by atoms with Crippen LogP contribution in [0, 0.1) is 5.92 Å². The van der Waals surface area contributed by atoms with Crippen LogP contribution in [0.1, 0.15) is 24.0 Å². The van der Waals surface area contributed by atoms with Crippen LogP contribution in [-0.4, -0.2) is 23.8 Å². The predicted molar refractivity (Wildman–Crippen MR) is 64.4 cm³/mol. The van der Waals surface area contributed by atoms with Gasteiger partial charge in [-0.15, -0.1) is 0 Å². The van der Waals surface area contributed by atoms with Gasteiger partial charge in [-0.25, -0.2) is 0 Å². The van der Waals surface area contributed by atoms with Crippen LogP contribution in [0.5, 0.6) is 0 Å². The molecular weight excluding hydrogens is 198 g/mol. The van der Waals surface area contributed by atoms with Gasteiger partial charge in [0.25, 0.3) is 0 Å². The van der Waals surface area contributed by atoms with E-state index >= 15 is 0 Å². The van der Waals surface area contributed by atoms with Gasteiger partial charge >= 0.3 is 0 Å². The minimum atomic E-state index is -0.122. The van der Waals surface area contributed by atoms with Gasteiger partial charge in [-0.1, -0.05) is 24.3 Å². The Morgan fingerprint density at radius 3 is 2.38 bits per heavy atom. The Kier molecular flexibility index (Phi) is 2.70. The second-order valence-electron chi connectivity index (χ2n) is 5.19. The van der Waals surface area contributed by atoms with Crippen LogP contribution < -0.4 is 5.32 Å². The summed E-state index contributed by atoms with van der Waals surface area (Å²) in [5.74, 6) is 0.580. The second kappa shape index (κ2) is 4.19. The maximum absolute atomic E-state index is 9.80. The minimum absolute atomic E-state index is 0.122. The largest absolute Gasteiger partial charge is 0.392 e. The Morgan fingerprint density at radius 1 is 1.19 bits per heavy atom. The third-order valence-corrected chi connectivity index (χ3v) is 3.83. The summed E-state index contributed by atoms with van der Waals surface area (Å²) in [6.07, 6.45) is 4.55. The van der Waals surface area contributed by atoms with Gasteiger partial charge in [0.15, 0.2) is 0 Å². The van der Waals surface area contributed by atoms with Crippen LogP contribution in [0.25, 0.3) is 0 Å². The Bertz CT molecular complexity index is 348. The van der Waals surface area contributed by atoms with Crippen LogP contribution in [-0.2, 0) is 12.8 Å². The molecule has 16 heavy (non-hydrogen) atoms. The molecule has 0 saturated heterocycles. The number of hydrogen-bond donors (Lipinski definition) is 2. The van der Waals surface area contributed by atoms with Gasteiger partial charge in [-0.05, 0) is 42.7 Å². The summed E-state index contributed by atoms with van der Waals surface area (Å²) in [4.78, 5) is 0. The lowest BCUT2D eigenvalue weighted by Crippen LogP contribution is -2.36. The van der Waals surface area contributed by atoms with Gasteiger partial charge in [0.1, 0.15) is 0 Å². The van der Waals surface area contributed by atoms with Crippen LogP contribution in [0.3, 0.4) is 0 Å². The van der Waals surface area contributed by atoms with Crippen LogP contribution in [0.4, 0.5) is 0 Å². The Hall–Kier alpha value is -0.860. The molecule has 0 aromatic heterocycles. The van der Waals surface area contributed by atoms with Crippen molar-refractivity contribution in [3.05, 3.63) is 35.4 Å². The van der Waals surface area contributed by atoms with E-state index in [0.717, 1.165) is 19.4 Å². The number of nitrogens with one attached hydrogen (secondary N) is 1. The average molecular weight is 217 g/mol. The van der Waals surface area contributed by atoms with E-state index in [1.54, 1.807) is 0 Å². The summed E-state index contributed by atoms with van der Waals surface area (Å²) in [6, 6.07) is 9.19. The third kappa shape index (κ3) is 2.13. The van der Waals surface area contributed by atoms with Gasteiger partial charge in [-0.2, -0.15) is 0 Å². The highest BCUT2D eigenvalue weighted by atomic mass is 16.3. The van der Waals surface area contributed by atoms with Gasteiger partial charge < -0.3 is 10.4 Å². The standard InChI is InChI=1S/C14H19NO/c16-14(10-5-6-10)9-15-13-7-11-3-1-2-4-12(11)8-13/h1-4,10,13-16H,5-9H2. The number of rotatable bonds is 4. The van der Waals surface area contributed by atoms with E-state index in [1.165, 1.54) is 24.0 Å². The molecule has 1 saturated carbocycles. The summed E-state index contributed by atoms with van der Waals surface area (Å²) in [7, 11) is 0. The lowest BCUT2D eigenvalue weighted by atomic mass is 10.1. The number of fused-ring (bicyclic) bond motifs is 1. The van der Waals surface area contributed by atoms with E-state index in [4.69, 9.17) is 0 Å². The zero-order valence-electron chi connectivity index (χ0n) is 9.52. The molecule has 86 valence electrons. The van der Waals surface area contributed by atoms with Crippen molar-refractivity contribution in [2.24, 2.45) is 5.92 Å². The molecule has 0 radical (unpaired) electrons. The van der Waals surface area contributed by atoms with Gasteiger partial charge in [0.05, 0.1) is 6.10 Å². The number of aliphatic hydroxyl groups is 1. The summed E-state index contributed by atoms with van der Waals surface area (Å²) >= 11 is 0. The normalized spacial score (nSPS) is 22.1. The van der Waals surface area contributed by atoms with Gasteiger partial charge in [0.2, 0.25) is 0 Å². The zero-order chi connectivity index (χ0) is 11.0. The fraction of sp³-hybridized carbons (Fsp3) is 0.571. The molecule has 1 fully saturated rings. The first-order valence-corrected chi connectivity index (χ1v) is 6.31. The molecule has 2 N–H and O–H groups in total. The Labute approximate surface area is 96.7 Å². The summed E-state index contributed by atoms with van der Waals surface area (Å²) in [5.41, 5.74) is 2.95. The predicted octanol–water partition coefficient (Wildman–Crippen LogP) is 1.51. The quantitative estimate of drug-likeness (QED) is 0.801. The van der Waals surface area contributed by atoms with Crippen molar-refractivity contribution in [3.8, 4) is 0 Å². The fourth-order valence-electron chi connectivity index (χ4n) is 2.64. The lowest BCUT2D eigenvalue weighted by Gasteiger charge is -2.15. The highest BCUT2D eigenvalue weighted by Gasteiger charge is 2.30. The molecule has 0 heterocycles. The molecule has 1 aromatic rings. The molecular formula is C14H19NO. The summed E-state index contributed by atoms with van der Waals surface area (Å²) in [5, 5.41) is 13.3. The Balaban J connectivity index is 1.52. The molecule has 1 unspecified atom stereocenters. The second-order valence-corrected chi connectivity index (χ2v) is 5.19. The molecule has 0 amide bonds. The van der Waals surface area contributed by atoms with E-state index in [9.17, 15) is 5.11 Å². The van der Waals surface area contributed by atoms with Crippen LogP contribution >= 0.6 is 0 Å². The molecule has 2 aliphatic rings. The summed E-state index contributed by atoms with van der Waals surface area (Å²) in [6.45, 7) is 0.767. The lowest BCUT2D eigenvalue weighted by molar-refractivity contribution is 0.145. The van der Waals surface area contributed by atoms with Crippen molar-refractivity contribution < 1.29 is 5.11 Å². The van der Waals surface area contributed by atoms with Crippen molar-refractivity contribution in [3.63, 3.8) is 0 Å². The van der Waals surface area contributed by atoms with E-state index in [-0.39, 0.29) is 6.10 Å². The summed E-state index contributed by atoms with van der Waals surface area (Å²) < 4.78 is 0. The van der Waals surface area contributed by atoms with Crippen molar-refractivity contribution in [1.82, 2.24) is 5.32 Å². The Morgan fingerprint density at radius 2 is 1.81 bits per heavy atom. The number of benzene rings is 1. The average Bonchev–Trinajstić information content (AvgIpc) is 3.06. The molecule has 0 spiro atoms. The first kappa shape index (κ1) is 10.3. The number of aliphatic hydroxyl groups excluding tert-OH is 1. The van der Waals surface area contributed by atoms with Gasteiger partial charge in [0, 0.05) is 12.6 Å². The van der Waals surface area contributed by atoms with E-state index in [2.05, 4.69) is 29.6 Å². The maximum Gasteiger partial charge on any atom is 0.0692 e. The van der Waals surface area contributed by atoms with E-state index in [1.807, 2.05) is 0 Å². The van der Waals surface area contributed by atoms with Crippen molar-refractivity contribution in [2.45, 2.75) is 37.8 Å². The molecule has 1 atom stereocenters. The smallest absolute Gasteiger partial charge is 0.0692 e. The first-order valence-electron chi connectivity index (χ1n) is 6.31. The van der Waals surface area contributed by atoms with Crippen molar-refractivity contribution in [2.75, 3.05) is 6.54 Å². The van der Waals surface area contributed by atoms with Crippen molar-refractivity contribution >= 4 is 0 Å². The molecule has 0 bridgehead atoms. The van der Waals surface area contributed by atoms with Crippen LogP contribution in [0.15, 0.2) is 24.3 Å².